The molecule has 0 aromatic heterocycles. The van der Waals surface area contributed by atoms with Gasteiger partial charge in [-0.1, -0.05) is 6.07 Å². The van der Waals surface area contributed by atoms with Crippen molar-refractivity contribution in [1.29, 1.82) is 0 Å². The Labute approximate surface area is 128 Å². The molecule has 3 rings (SSSR count). The molecule has 2 aromatic rings. The molecular weight excluding hydrogens is 285 g/mol. The van der Waals surface area contributed by atoms with Crippen LogP contribution in [-0.4, -0.2) is 20.3 Å². The molecule has 0 saturated heterocycles. The van der Waals surface area contributed by atoms with E-state index in [-0.39, 0.29) is 5.82 Å². The van der Waals surface area contributed by atoms with Crippen molar-refractivity contribution in [3.63, 3.8) is 0 Å². The second-order valence-electron chi connectivity index (χ2n) is 5.04. The summed E-state index contributed by atoms with van der Waals surface area (Å²) in [6.07, 6.45) is 0. The van der Waals surface area contributed by atoms with Gasteiger partial charge in [-0.05, 0) is 35.9 Å². The number of benzene rings is 2. The molecule has 0 aliphatic carbocycles. The molecule has 1 N–H and O–H groups in total. The number of fused-ring (bicyclic) bond motifs is 1. The molecule has 1 heterocycles. The van der Waals surface area contributed by atoms with E-state index in [1.165, 1.54) is 12.1 Å². The molecule has 116 valence electrons. The first-order chi connectivity index (χ1) is 10.8. The maximum Gasteiger partial charge on any atom is 0.161 e. The summed E-state index contributed by atoms with van der Waals surface area (Å²) >= 11 is 0. The van der Waals surface area contributed by atoms with Crippen molar-refractivity contribution >= 4 is 0 Å². The number of ether oxygens (including phenoxy) is 3. The monoisotopic (exact) mass is 303 g/mol. The van der Waals surface area contributed by atoms with E-state index < -0.39 is 0 Å². The van der Waals surface area contributed by atoms with Crippen LogP contribution in [0.5, 0.6) is 17.2 Å². The van der Waals surface area contributed by atoms with Crippen molar-refractivity contribution in [2.24, 2.45) is 0 Å². The molecule has 0 fully saturated rings. The molecule has 22 heavy (non-hydrogen) atoms. The van der Waals surface area contributed by atoms with Crippen LogP contribution in [0.3, 0.4) is 0 Å². The Morgan fingerprint density at radius 2 is 1.86 bits per heavy atom. The summed E-state index contributed by atoms with van der Waals surface area (Å²) in [6.45, 7) is 2.33. The lowest BCUT2D eigenvalue weighted by molar-refractivity contribution is 0.171. The van der Waals surface area contributed by atoms with E-state index >= 15 is 0 Å². The van der Waals surface area contributed by atoms with Crippen LogP contribution in [0.15, 0.2) is 36.4 Å². The fraction of sp³-hybridized carbons (Fsp3) is 0.294. The summed E-state index contributed by atoms with van der Waals surface area (Å²) in [6, 6.07) is 10.4. The summed E-state index contributed by atoms with van der Waals surface area (Å²) in [4.78, 5) is 0. The minimum Gasteiger partial charge on any atom is -0.496 e. The van der Waals surface area contributed by atoms with Crippen LogP contribution >= 0.6 is 0 Å². The van der Waals surface area contributed by atoms with E-state index in [1.807, 2.05) is 18.2 Å². The predicted molar refractivity (Wildman–Crippen MR) is 80.9 cm³/mol. The quantitative estimate of drug-likeness (QED) is 0.922. The highest BCUT2D eigenvalue weighted by molar-refractivity contribution is 5.43. The Morgan fingerprint density at radius 3 is 2.68 bits per heavy atom. The fourth-order valence-electron chi connectivity index (χ4n) is 2.42. The molecule has 1 aliphatic rings. The number of nitrogens with one attached hydrogen (secondary N) is 1. The Bertz CT molecular complexity index is 660. The standard InChI is InChI=1S/C17H18FNO3/c1-20-15-5-3-14(18)9-13(15)11-19-10-12-2-4-16-17(8-12)22-7-6-21-16/h2-5,8-9,19H,6-7,10-11H2,1H3. The van der Waals surface area contributed by atoms with E-state index in [2.05, 4.69) is 5.32 Å². The van der Waals surface area contributed by atoms with Gasteiger partial charge in [0, 0.05) is 18.7 Å². The Morgan fingerprint density at radius 1 is 1.05 bits per heavy atom. The Hall–Kier alpha value is -2.27. The summed E-state index contributed by atoms with van der Waals surface area (Å²) in [5, 5.41) is 3.28. The lowest BCUT2D eigenvalue weighted by Gasteiger charge is -2.19. The van der Waals surface area contributed by atoms with Crippen molar-refractivity contribution in [3.05, 3.63) is 53.3 Å². The molecule has 0 spiro atoms. The molecule has 0 atom stereocenters. The van der Waals surface area contributed by atoms with Crippen LogP contribution in [0.1, 0.15) is 11.1 Å². The molecule has 0 saturated carbocycles. The molecule has 0 bridgehead atoms. The largest absolute Gasteiger partial charge is 0.496 e. The smallest absolute Gasteiger partial charge is 0.161 e. The van der Waals surface area contributed by atoms with Gasteiger partial charge >= 0.3 is 0 Å². The first kappa shape index (κ1) is 14.7. The summed E-state index contributed by atoms with van der Waals surface area (Å²) in [5.74, 6) is 1.96. The average Bonchev–Trinajstić information content (AvgIpc) is 2.55. The highest BCUT2D eigenvalue weighted by atomic mass is 19.1. The van der Waals surface area contributed by atoms with Gasteiger partial charge in [-0.2, -0.15) is 0 Å². The maximum absolute atomic E-state index is 13.3. The summed E-state index contributed by atoms with van der Waals surface area (Å²) in [5.41, 5.74) is 1.87. The normalized spacial score (nSPS) is 13.0. The molecule has 2 aromatic carbocycles. The highest BCUT2D eigenvalue weighted by Crippen LogP contribution is 2.30. The molecule has 1 aliphatic heterocycles. The maximum atomic E-state index is 13.3. The highest BCUT2D eigenvalue weighted by Gasteiger charge is 2.11. The van der Waals surface area contributed by atoms with Crippen molar-refractivity contribution in [1.82, 2.24) is 5.32 Å². The average molecular weight is 303 g/mol. The summed E-state index contributed by atoms with van der Waals surface area (Å²) < 4.78 is 29.6. The predicted octanol–water partition coefficient (Wildman–Crippen LogP) is 2.90. The number of methoxy groups -OCH3 is 1. The van der Waals surface area contributed by atoms with Gasteiger partial charge in [0.25, 0.3) is 0 Å². The van der Waals surface area contributed by atoms with E-state index in [9.17, 15) is 4.39 Å². The lowest BCUT2D eigenvalue weighted by atomic mass is 10.1. The third kappa shape index (κ3) is 3.31. The molecule has 0 unspecified atom stereocenters. The zero-order chi connectivity index (χ0) is 15.4. The van der Waals surface area contributed by atoms with Crippen molar-refractivity contribution < 1.29 is 18.6 Å². The summed E-state index contributed by atoms with van der Waals surface area (Å²) in [7, 11) is 1.58. The number of hydrogen-bond donors (Lipinski definition) is 1. The second-order valence-corrected chi connectivity index (χ2v) is 5.04. The van der Waals surface area contributed by atoms with Gasteiger partial charge in [-0.3, -0.25) is 0 Å². The zero-order valence-corrected chi connectivity index (χ0v) is 12.4. The fourth-order valence-corrected chi connectivity index (χ4v) is 2.42. The molecular formula is C17H18FNO3. The van der Waals surface area contributed by atoms with E-state index in [0.717, 1.165) is 22.6 Å². The first-order valence-corrected chi connectivity index (χ1v) is 7.18. The van der Waals surface area contributed by atoms with Gasteiger partial charge in [0.1, 0.15) is 24.8 Å². The van der Waals surface area contributed by atoms with Gasteiger partial charge in [0.15, 0.2) is 11.5 Å². The van der Waals surface area contributed by atoms with Crippen LogP contribution < -0.4 is 19.5 Å². The first-order valence-electron chi connectivity index (χ1n) is 7.18. The second kappa shape index (κ2) is 6.66. The van der Waals surface area contributed by atoms with Gasteiger partial charge in [-0.15, -0.1) is 0 Å². The minimum atomic E-state index is -0.267. The van der Waals surface area contributed by atoms with Gasteiger partial charge < -0.3 is 19.5 Å². The Kier molecular flexibility index (Phi) is 4.44. The van der Waals surface area contributed by atoms with Crippen LogP contribution in [0, 0.1) is 5.82 Å². The minimum absolute atomic E-state index is 0.267. The van der Waals surface area contributed by atoms with Crippen LogP contribution in [-0.2, 0) is 13.1 Å². The van der Waals surface area contributed by atoms with E-state index in [1.54, 1.807) is 13.2 Å². The van der Waals surface area contributed by atoms with Crippen molar-refractivity contribution in [2.45, 2.75) is 13.1 Å². The van der Waals surface area contributed by atoms with E-state index in [4.69, 9.17) is 14.2 Å². The topological polar surface area (TPSA) is 39.7 Å². The van der Waals surface area contributed by atoms with Crippen LogP contribution in [0.4, 0.5) is 4.39 Å². The van der Waals surface area contributed by atoms with Crippen LogP contribution in [0.25, 0.3) is 0 Å². The van der Waals surface area contributed by atoms with Gasteiger partial charge in [0.2, 0.25) is 0 Å². The molecule has 0 amide bonds. The van der Waals surface area contributed by atoms with Crippen molar-refractivity contribution in [3.8, 4) is 17.2 Å². The van der Waals surface area contributed by atoms with E-state index in [0.29, 0.717) is 32.1 Å². The van der Waals surface area contributed by atoms with Crippen molar-refractivity contribution in [2.75, 3.05) is 20.3 Å². The number of hydrogen-bond acceptors (Lipinski definition) is 4. The number of halogens is 1. The molecule has 0 radical (unpaired) electrons. The van der Waals surface area contributed by atoms with Crippen LogP contribution in [0.2, 0.25) is 0 Å². The van der Waals surface area contributed by atoms with Gasteiger partial charge in [0.05, 0.1) is 7.11 Å². The third-order valence-electron chi connectivity index (χ3n) is 3.49. The lowest BCUT2D eigenvalue weighted by Crippen LogP contribution is -2.17. The number of rotatable bonds is 5. The molecule has 5 heteroatoms. The molecule has 4 nitrogen and oxygen atoms in total. The van der Waals surface area contributed by atoms with Gasteiger partial charge in [-0.25, -0.2) is 4.39 Å². The SMILES string of the molecule is COc1ccc(F)cc1CNCc1ccc2c(c1)OCCO2. The zero-order valence-electron chi connectivity index (χ0n) is 12.4. The third-order valence-corrected chi connectivity index (χ3v) is 3.49. The Balaban J connectivity index is 1.62.